The molecule has 0 aliphatic heterocycles. The molecule has 1 atom stereocenters. The minimum absolute atomic E-state index is 0.00434. The van der Waals surface area contributed by atoms with Gasteiger partial charge in [0.15, 0.2) is 5.54 Å². The van der Waals surface area contributed by atoms with E-state index in [1.165, 1.54) is 44.9 Å². The van der Waals surface area contributed by atoms with Crippen LogP contribution in [-0.2, 0) is 9.59 Å². The molecule has 0 aromatic carbocycles. The molecule has 0 saturated carbocycles. The second-order valence-corrected chi connectivity index (χ2v) is 8.98. The Hall–Kier alpha value is -1.10. The molecule has 1 amide bonds. The highest BCUT2D eigenvalue weighted by molar-refractivity contribution is 5.76. The van der Waals surface area contributed by atoms with Gasteiger partial charge in [0.1, 0.15) is 0 Å². The summed E-state index contributed by atoms with van der Waals surface area (Å²) in [5, 5.41) is 12.6. The van der Waals surface area contributed by atoms with Crippen molar-refractivity contribution in [3.8, 4) is 0 Å². The van der Waals surface area contributed by atoms with Gasteiger partial charge in [-0.05, 0) is 12.8 Å². The summed E-state index contributed by atoms with van der Waals surface area (Å²) in [4.78, 5) is 23.8. The second-order valence-electron chi connectivity index (χ2n) is 8.98. The van der Waals surface area contributed by atoms with Crippen molar-refractivity contribution in [2.45, 2.75) is 110 Å². The van der Waals surface area contributed by atoms with E-state index in [0.717, 1.165) is 19.3 Å². The number of rotatable bonds is 16. The lowest BCUT2D eigenvalue weighted by Gasteiger charge is -2.43. The Morgan fingerprint density at radius 3 is 1.85 bits per heavy atom. The SMILES string of the molecule is CCCCCCCCCCCC(=O)NC(CC)C[N+](C)(C)C(C)(C)C(=O)O. The number of unbranched alkanes of at least 4 members (excludes halogenated alkanes) is 8. The fourth-order valence-corrected chi connectivity index (χ4v) is 3.21. The number of amides is 1. The number of nitrogens with one attached hydrogen (secondary N) is 1. The summed E-state index contributed by atoms with van der Waals surface area (Å²) in [7, 11) is 3.84. The van der Waals surface area contributed by atoms with Crippen molar-refractivity contribution >= 4 is 11.9 Å². The average molecular weight is 386 g/mol. The molecule has 0 rings (SSSR count). The van der Waals surface area contributed by atoms with Gasteiger partial charge < -0.3 is 14.9 Å². The molecule has 0 radical (unpaired) electrons. The Kier molecular flexibility index (Phi) is 12.6. The van der Waals surface area contributed by atoms with E-state index in [2.05, 4.69) is 12.2 Å². The standard InChI is InChI=1S/C22H44N2O3/c1-7-9-10-11-12-13-14-15-16-17-20(25)23-19(8-2)18-24(5,6)22(3,4)21(26)27/h19H,7-18H2,1-6H3,(H-,23,25,26,27)/p+1. The van der Waals surface area contributed by atoms with Crippen molar-refractivity contribution in [2.75, 3.05) is 20.6 Å². The van der Waals surface area contributed by atoms with Gasteiger partial charge in [-0.15, -0.1) is 0 Å². The predicted octanol–water partition coefficient (Wildman–Crippen LogP) is 4.74. The van der Waals surface area contributed by atoms with Gasteiger partial charge in [0.25, 0.3) is 0 Å². The van der Waals surface area contributed by atoms with E-state index < -0.39 is 11.5 Å². The highest BCUT2D eigenvalue weighted by Gasteiger charge is 2.44. The minimum Gasteiger partial charge on any atom is -0.477 e. The zero-order valence-electron chi connectivity index (χ0n) is 18.8. The molecule has 0 bridgehead atoms. The number of likely N-dealkylation sites (N-methyl/N-ethyl adjacent to an activating group) is 1. The van der Waals surface area contributed by atoms with E-state index in [1.54, 1.807) is 13.8 Å². The summed E-state index contributed by atoms with van der Waals surface area (Å²) >= 11 is 0. The van der Waals surface area contributed by atoms with E-state index in [4.69, 9.17) is 0 Å². The predicted molar refractivity (Wildman–Crippen MR) is 113 cm³/mol. The van der Waals surface area contributed by atoms with Gasteiger partial charge >= 0.3 is 5.97 Å². The molecule has 0 aliphatic carbocycles. The van der Waals surface area contributed by atoms with E-state index in [1.807, 2.05) is 21.0 Å². The first-order chi connectivity index (χ1) is 12.6. The average Bonchev–Trinajstić information content (AvgIpc) is 2.59. The highest BCUT2D eigenvalue weighted by Crippen LogP contribution is 2.21. The van der Waals surface area contributed by atoms with Crippen molar-refractivity contribution in [3.63, 3.8) is 0 Å². The monoisotopic (exact) mass is 385 g/mol. The molecule has 160 valence electrons. The number of aliphatic carboxylic acids is 1. The fourth-order valence-electron chi connectivity index (χ4n) is 3.21. The van der Waals surface area contributed by atoms with Gasteiger partial charge in [0, 0.05) is 20.3 Å². The molecule has 0 saturated heterocycles. The topological polar surface area (TPSA) is 66.4 Å². The Morgan fingerprint density at radius 2 is 1.41 bits per heavy atom. The third-order valence-electron chi connectivity index (χ3n) is 6.08. The summed E-state index contributed by atoms with van der Waals surface area (Å²) in [6, 6.07) is 0.00434. The maximum absolute atomic E-state index is 12.3. The number of carbonyl (C=O) groups excluding carboxylic acids is 1. The number of carbonyl (C=O) groups is 2. The third kappa shape index (κ3) is 10.1. The number of carboxylic acid groups (broad SMARTS) is 1. The molecule has 0 heterocycles. The zero-order valence-corrected chi connectivity index (χ0v) is 18.8. The number of nitrogens with zero attached hydrogens (tertiary/aromatic N) is 1. The second kappa shape index (κ2) is 13.1. The maximum atomic E-state index is 12.3. The van der Waals surface area contributed by atoms with Crippen LogP contribution in [0.15, 0.2) is 0 Å². The summed E-state index contributed by atoms with van der Waals surface area (Å²) in [6.07, 6.45) is 12.6. The van der Waals surface area contributed by atoms with Crippen LogP contribution in [0.1, 0.15) is 98.3 Å². The van der Waals surface area contributed by atoms with Gasteiger partial charge in [-0.1, -0.05) is 65.2 Å². The van der Waals surface area contributed by atoms with Crippen molar-refractivity contribution in [1.82, 2.24) is 5.32 Å². The molecule has 27 heavy (non-hydrogen) atoms. The maximum Gasteiger partial charge on any atom is 0.365 e. The normalized spacial score (nSPS) is 13.4. The number of quaternary nitrogens is 1. The van der Waals surface area contributed by atoms with Gasteiger partial charge in [-0.2, -0.15) is 0 Å². The molecule has 5 heteroatoms. The number of hydrogen-bond acceptors (Lipinski definition) is 2. The molecule has 0 aromatic rings. The zero-order chi connectivity index (χ0) is 20.9. The molecular weight excluding hydrogens is 340 g/mol. The summed E-state index contributed by atoms with van der Waals surface area (Å²) in [6.45, 7) is 8.37. The minimum atomic E-state index is -0.894. The summed E-state index contributed by atoms with van der Waals surface area (Å²) in [5.41, 5.74) is -0.894. The van der Waals surface area contributed by atoms with Crippen molar-refractivity contribution in [1.29, 1.82) is 0 Å². The van der Waals surface area contributed by atoms with E-state index >= 15 is 0 Å². The molecule has 0 aromatic heterocycles. The quantitative estimate of drug-likeness (QED) is 0.298. The van der Waals surface area contributed by atoms with Gasteiger partial charge in [0.2, 0.25) is 5.91 Å². The van der Waals surface area contributed by atoms with Gasteiger partial charge in [-0.3, -0.25) is 4.79 Å². The van der Waals surface area contributed by atoms with E-state index in [0.29, 0.717) is 17.4 Å². The smallest absolute Gasteiger partial charge is 0.365 e. The number of hydrogen-bond donors (Lipinski definition) is 2. The third-order valence-corrected chi connectivity index (χ3v) is 6.08. The molecule has 0 aliphatic rings. The Labute approximate surface area is 167 Å². The van der Waals surface area contributed by atoms with Crippen LogP contribution >= 0.6 is 0 Å². The summed E-state index contributed by atoms with van der Waals surface area (Å²) < 4.78 is 0.332. The van der Waals surface area contributed by atoms with Crippen LogP contribution in [0.5, 0.6) is 0 Å². The Bertz CT molecular complexity index is 433. The van der Waals surface area contributed by atoms with Crippen molar-refractivity contribution in [3.05, 3.63) is 0 Å². The van der Waals surface area contributed by atoms with Crippen LogP contribution in [0.3, 0.4) is 0 Å². The van der Waals surface area contributed by atoms with E-state index in [9.17, 15) is 14.7 Å². The van der Waals surface area contributed by atoms with Gasteiger partial charge in [-0.25, -0.2) is 4.79 Å². The van der Waals surface area contributed by atoms with Crippen molar-refractivity contribution < 1.29 is 19.2 Å². The molecule has 2 N–H and O–H groups in total. The number of carboxylic acids is 1. The molecular formula is C22H45N2O3+. The fraction of sp³-hybridized carbons (Fsp3) is 0.909. The summed E-state index contributed by atoms with van der Waals surface area (Å²) in [5.74, 6) is -0.721. The molecule has 5 nitrogen and oxygen atoms in total. The molecule has 0 fully saturated rings. The molecule has 0 spiro atoms. The van der Waals surface area contributed by atoms with Crippen LogP contribution < -0.4 is 5.32 Å². The lowest BCUT2D eigenvalue weighted by molar-refractivity contribution is -0.929. The van der Waals surface area contributed by atoms with Crippen LogP contribution in [-0.4, -0.2) is 53.7 Å². The molecule has 1 unspecified atom stereocenters. The van der Waals surface area contributed by atoms with Crippen LogP contribution in [0, 0.1) is 0 Å². The first-order valence-corrected chi connectivity index (χ1v) is 10.9. The van der Waals surface area contributed by atoms with Crippen molar-refractivity contribution in [2.24, 2.45) is 0 Å². The largest absolute Gasteiger partial charge is 0.477 e. The first-order valence-electron chi connectivity index (χ1n) is 10.9. The Morgan fingerprint density at radius 1 is 0.926 bits per heavy atom. The lowest BCUT2D eigenvalue weighted by atomic mass is 9.99. The first kappa shape index (κ1) is 25.9. The lowest BCUT2D eigenvalue weighted by Crippen LogP contribution is -2.64. The van der Waals surface area contributed by atoms with Crippen LogP contribution in [0.25, 0.3) is 0 Å². The Balaban J connectivity index is 4.12. The van der Waals surface area contributed by atoms with Crippen LogP contribution in [0.4, 0.5) is 0 Å². The van der Waals surface area contributed by atoms with Gasteiger partial charge in [0.05, 0.1) is 26.7 Å². The van der Waals surface area contributed by atoms with Crippen LogP contribution in [0.2, 0.25) is 0 Å². The van der Waals surface area contributed by atoms with E-state index in [-0.39, 0.29) is 11.9 Å². The highest BCUT2D eigenvalue weighted by atomic mass is 16.4.